The van der Waals surface area contributed by atoms with Gasteiger partial charge in [0.2, 0.25) is 0 Å². The molecule has 0 spiro atoms. The average Bonchev–Trinajstić information content (AvgIpc) is 3.25. The van der Waals surface area contributed by atoms with Gasteiger partial charge in [0.05, 0.1) is 25.5 Å². The Morgan fingerprint density at radius 1 is 1.03 bits per heavy atom. The molecule has 2 heterocycles. The van der Waals surface area contributed by atoms with Crippen molar-refractivity contribution < 1.29 is 18.7 Å². The van der Waals surface area contributed by atoms with Crippen LogP contribution in [-0.4, -0.2) is 25.3 Å². The van der Waals surface area contributed by atoms with Crippen molar-refractivity contribution in [2.75, 3.05) is 24.9 Å². The summed E-state index contributed by atoms with van der Waals surface area (Å²) in [6, 6.07) is 11.7. The van der Waals surface area contributed by atoms with E-state index in [9.17, 15) is 4.79 Å². The fraction of sp³-hybridized carbons (Fsp3) is 0.280. The summed E-state index contributed by atoms with van der Waals surface area (Å²) in [7, 11) is 3.04. The van der Waals surface area contributed by atoms with Gasteiger partial charge < -0.3 is 24.5 Å². The quantitative estimate of drug-likeness (QED) is 0.196. The molecule has 2 N–H and O–H groups in total. The van der Waals surface area contributed by atoms with Gasteiger partial charge in [-0.25, -0.2) is 4.79 Å². The van der Waals surface area contributed by atoms with Gasteiger partial charge in [0.25, 0.3) is 0 Å². The number of thiocarbonyl (C=S) groups is 1. The predicted octanol–water partition coefficient (Wildman–Crippen LogP) is 6.52. The zero-order valence-corrected chi connectivity index (χ0v) is 20.1. The number of rotatable bonds is 4. The zero-order valence-electron chi connectivity index (χ0n) is 18.4. The van der Waals surface area contributed by atoms with E-state index in [2.05, 4.69) is 10.6 Å². The first-order valence-corrected chi connectivity index (χ1v) is 12.1. The molecule has 5 rings (SSSR count). The molecule has 33 heavy (non-hydrogen) atoms. The summed E-state index contributed by atoms with van der Waals surface area (Å²) in [5.41, 5.74) is 3.93. The number of thiophene rings is 1. The highest BCUT2D eigenvalue weighted by Crippen LogP contribution is 2.39. The zero-order chi connectivity index (χ0) is 22.9. The SMILES string of the molecule is COC(=O)c1c(NC(=S)Nc2cc3oc4ccccc4c3cc2OC)sc2c1CCCCC2. The van der Waals surface area contributed by atoms with Crippen molar-refractivity contribution in [1.29, 1.82) is 0 Å². The smallest absolute Gasteiger partial charge is 0.341 e. The number of esters is 1. The second-order valence-electron chi connectivity index (χ2n) is 7.99. The number of benzene rings is 2. The number of aryl methyl sites for hydroxylation is 1. The topological polar surface area (TPSA) is 72.7 Å². The molecule has 0 unspecified atom stereocenters. The van der Waals surface area contributed by atoms with Crippen LogP contribution in [0.5, 0.6) is 5.75 Å². The average molecular weight is 481 g/mol. The molecule has 2 aromatic heterocycles. The van der Waals surface area contributed by atoms with Gasteiger partial charge in [-0.05, 0) is 55.6 Å². The fourth-order valence-electron chi connectivity index (χ4n) is 4.42. The van der Waals surface area contributed by atoms with Gasteiger partial charge in [0.1, 0.15) is 21.9 Å². The van der Waals surface area contributed by atoms with Crippen LogP contribution < -0.4 is 15.4 Å². The Kier molecular flexibility index (Phi) is 5.95. The Hall–Kier alpha value is -3.10. The maximum atomic E-state index is 12.6. The van der Waals surface area contributed by atoms with Gasteiger partial charge in [-0.3, -0.25) is 0 Å². The number of methoxy groups -OCH3 is 2. The molecule has 0 aliphatic heterocycles. The second kappa shape index (κ2) is 9.03. The third-order valence-electron chi connectivity index (χ3n) is 5.98. The van der Waals surface area contributed by atoms with Crippen molar-refractivity contribution in [2.45, 2.75) is 32.1 Å². The Bertz CT molecular complexity index is 1370. The number of anilines is 2. The molecule has 0 radical (unpaired) electrons. The van der Waals surface area contributed by atoms with E-state index in [-0.39, 0.29) is 5.97 Å². The Labute approximate surface area is 200 Å². The molecule has 1 aliphatic carbocycles. The molecular weight excluding hydrogens is 456 g/mol. The van der Waals surface area contributed by atoms with Crippen LogP contribution in [0.3, 0.4) is 0 Å². The predicted molar refractivity (Wildman–Crippen MR) is 137 cm³/mol. The second-order valence-corrected chi connectivity index (χ2v) is 9.50. The van der Waals surface area contributed by atoms with Crippen LogP contribution in [0.1, 0.15) is 40.1 Å². The molecule has 1 aliphatic rings. The third-order valence-corrected chi connectivity index (χ3v) is 7.40. The lowest BCUT2D eigenvalue weighted by Crippen LogP contribution is -2.20. The van der Waals surface area contributed by atoms with Crippen LogP contribution in [0.2, 0.25) is 0 Å². The molecule has 2 aromatic carbocycles. The normalized spacial score (nSPS) is 13.4. The molecule has 8 heteroatoms. The van der Waals surface area contributed by atoms with Crippen molar-refractivity contribution >= 4 is 67.3 Å². The summed E-state index contributed by atoms with van der Waals surface area (Å²) in [5, 5.41) is 9.53. The Morgan fingerprint density at radius 3 is 2.67 bits per heavy atom. The molecule has 0 saturated carbocycles. The number of hydrogen-bond donors (Lipinski definition) is 2. The van der Waals surface area contributed by atoms with E-state index >= 15 is 0 Å². The summed E-state index contributed by atoms with van der Waals surface area (Å²) in [6.07, 6.45) is 5.24. The van der Waals surface area contributed by atoms with E-state index < -0.39 is 0 Å². The number of ether oxygens (including phenoxy) is 2. The van der Waals surface area contributed by atoms with Gasteiger partial charge in [-0.15, -0.1) is 11.3 Å². The summed E-state index contributed by atoms with van der Waals surface area (Å²) in [6.45, 7) is 0. The van der Waals surface area contributed by atoms with Crippen molar-refractivity contribution in [1.82, 2.24) is 0 Å². The minimum atomic E-state index is -0.332. The van der Waals surface area contributed by atoms with Crippen molar-refractivity contribution in [3.8, 4) is 5.75 Å². The third kappa shape index (κ3) is 4.05. The van der Waals surface area contributed by atoms with Gasteiger partial charge >= 0.3 is 5.97 Å². The number of para-hydroxylation sites is 1. The molecular formula is C25H24N2O4S2. The number of hydrogen-bond acceptors (Lipinski definition) is 6. The maximum Gasteiger partial charge on any atom is 0.341 e. The summed E-state index contributed by atoms with van der Waals surface area (Å²) < 4.78 is 16.7. The number of carbonyl (C=O) groups is 1. The van der Waals surface area contributed by atoms with E-state index in [1.165, 1.54) is 18.4 Å². The lowest BCUT2D eigenvalue weighted by molar-refractivity contribution is 0.0601. The minimum Gasteiger partial charge on any atom is -0.495 e. The van der Waals surface area contributed by atoms with E-state index in [4.69, 9.17) is 26.1 Å². The van der Waals surface area contributed by atoms with E-state index in [1.807, 2.05) is 36.4 Å². The lowest BCUT2D eigenvalue weighted by atomic mass is 10.1. The molecule has 4 aromatic rings. The summed E-state index contributed by atoms with van der Waals surface area (Å²) in [5.74, 6) is 0.314. The van der Waals surface area contributed by atoms with Gasteiger partial charge in [-0.2, -0.15) is 0 Å². The van der Waals surface area contributed by atoms with Gasteiger partial charge in [0, 0.05) is 21.7 Å². The van der Waals surface area contributed by atoms with Crippen molar-refractivity contribution in [3.63, 3.8) is 0 Å². The molecule has 0 fully saturated rings. The molecule has 0 atom stereocenters. The Balaban J connectivity index is 1.46. The highest BCUT2D eigenvalue weighted by Gasteiger charge is 2.26. The van der Waals surface area contributed by atoms with E-state index in [1.54, 1.807) is 18.4 Å². The molecule has 0 saturated heterocycles. The number of nitrogens with one attached hydrogen (secondary N) is 2. The van der Waals surface area contributed by atoms with Crippen LogP contribution in [0, 0.1) is 0 Å². The first-order valence-electron chi connectivity index (χ1n) is 10.9. The van der Waals surface area contributed by atoms with Crippen LogP contribution in [-0.2, 0) is 17.6 Å². The summed E-state index contributed by atoms with van der Waals surface area (Å²) in [4.78, 5) is 13.8. The van der Waals surface area contributed by atoms with Gasteiger partial charge in [0.15, 0.2) is 5.11 Å². The monoisotopic (exact) mass is 480 g/mol. The van der Waals surface area contributed by atoms with Crippen LogP contribution in [0.4, 0.5) is 10.7 Å². The summed E-state index contributed by atoms with van der Waals surface area (Å²) >= 11 is 7.19. The lowest BCUT2D eigenvalue weighted by Gasteiger charge is -2.14. The highest BCUT2D eigenvalue weighted by atomic mass is 32.1. The van der Waals surface area contributed by atoms with Crippen LogP contribution >= 0.6 is 23.6 Å². The van der Waals surface area contributed by atoms with Crippen LogP contribution in [0.25, 0.3) is 21.9 Å². The maximum absolute atomic E-state index is 12.6. The van der Waals surface area contributed by atoms with Crippen molar-refractivity contribution in [2.24, 2.45) is 0 Å². The first-order chi connectivity index (χ1) is 16.1. The largest absolute Gasteiger partial charge is 0.495 e. The standard InChI is InChI=1S/C25H24N2O4S2/c1-29-20-12-16-14-8-6-7-10-18(14)31-19(16)13-17(20)26-25(32)27-23-22(24(28)30-2)15-9-4-3-5-11-21(15)33-23/h6-8,10,12-13H,3-5,9,11H2,1-2H3,(H2,26,27,32). The first kappa shape index (κ1) is 21.7. The molecule has 0 bridgehead atoms. The highest BCUT2D eigenvalue weighted by molar-refractivity contribution is 7.80. The van der Waals surface area contributed by atoms with Gasteiger partial charge in [-0.1, -0.05) is 24.6 Å². The number of carbonyl (C=O) groups excluding carboxylic acids is 1. The van der Waals surface area contributed by atoms with E-state index in [0.717, 1.165) is 58.2 Å². The molecule has 6 nitrogen and oxygen atoms in total. The molecule has 170 valence electrons. The Morgan fingerprint density at radius 2 is 1.85 bits per heavy atom. The minimum absolute atomic E-state index is 0.332. The number of fused-ring (bicyclic) bond motifs is 4. The van der Waals surface area contributed by atoms with E-state index in [0.29, 0.717) is 22.1 Å². The van der Waals surface area contributed by atoms with Crippen LogP contribution in [0.15, 0.2) is 40.8 Å². The fourth-order valence-corrected chi connectivity index (χ4v) is 5.98. The molecule has 0 amide bonds. The number of furan rings is 1. The van der Waals surface area contributed by atoms with Crippen molar-refractivity contribution in [3.05, 3.63) is 52.4 Å².